The van der Waals surface area contributed by atoms with E-state index in [0.717, 1.165) is 22.3 Å². The van der Waals surface area contributed by atoms with Crippen LogP contribution in [0.2, 0.25) is 0 Å². The summed E-state index contributed by atoms with van der Waals surface area (Å²) >= 11 is 0. The lowest BCUT2D eigenvalue weighted by molar-refractivity contribution is -0.372. The summed E-state index contributed by atoms with van der Waals surface area (Å²) in [6.07, 6.45) is -11.6. The second kappa shape index (κ2) is 25.5. The highest BCUT2D eigenvalue weighted by Crippen LogP contribution is 2.38. The van der Waals surface area contributed by atoms with Crippen molar-refractivity contribution in [3.05, 3.63) is 179 Å². The quantitative estimate of drug-likeness (QED) is 0.0684. The molecule has 13 nitrogen and oxygen atoms in total. The van der Waals surface area contributed by atoms with Crippen molar-refractivity contribution in [1.82, 2.24) is 0 Å². The minimum absolute atomic E-state index is 0.0217. The molecule has 374 valence electrons. The molecule has 0 spiro atoms. The highest BCUT2D eigenvalue weighted by atomic mass is 16.8. The highest BCUT2D eigenvalue weighted by Gasteiger charge is 2.54. The summed E-state index contributed by atoms with van der Waals surface area (Å²) in [5.41, 5.74) is 4.15. The number of rotatable bonds is 21. The number of benzene rings is 5. The molecule has 3 heterocycles. The van der Waals surface area contributed by atoms with Gasteiger partial charge < -0.3 is 57.6 Å². The lowest BCUT2D eigenvalue weighted by atomic mass is 9.81. The Morgan fingerprint density at radius 2 is 0.857 bits per heavy atom. The van der Waals surface area contributed by atoms with Gasteiger partial charge in [0.05, 0.1) is 76.2 Å². The van der Waals surface area contributed by atoms with E-state index in [-0.39, 0.29) is 56.0 Å². The molecule has 0 aliphatic carbocycles. The van der Waals surface area contributed by atoms with Crippen molar-refractivity contribution >= 4 is 5.97 Å². The minimum Gasteiger partial charge on any atom is -0.451 e. The maximum Gasteiger partial charge on any atom is 0.338 e. The molecule has 0 saturated carbocycles. The van der Waals surface area contributed by atoms with Gasteiger partial charge in [0.25, 0.3) is 0 Å². The normalized spacial score (nSPS) is 31.2. The van der Waals surface area contributed by atoms with Crippen LogP contribution in [0.5, 0.6) is 0 Å². The van der Waals surface area contributed by atoms with Gasteiger partial charge in [-0.2, -0.15) is 0 Å². The molecule has 5 aromatic rings. The molecule has 70 heavy (non-hydrogen) atoms. The predicted molar refractivity (Wildman–Crippen MR) is 260 cm³/mol. The van der Waals surface area contributed by atoms with Crippen molar-refractivity contribution in [2.24, 2.45) is 17.8 Å². The first kappa shape index (κ1) is 51.5. The number of aliphatic hydroxyl groups excluding tert-OH is 2. The van der Waals surface area contributed by atoms with Crippen LogP contribution in [0.15, 0.2) is 152 Å². The topological polar surface area (TPSA) is 150 Å². The Hall–Kier alpha value is -4.87. The first-order valence-electron chi connectivity index (χ1n) is 24.5. The van der Waals surface area contributed by atoms with Crippen molar-refractivity contribution in [1.29, 1.82) is 0 Å². The third kappa shape index (κ3) is 13.5. The van der Waals surface area contributed by atoms with Crippen LogP contribution in [0, 0.1) is 17.8 Å². The van der Waals surface area contributed by atoms with Crippen LogP contribution in [0.25, 0.3) is 0 Å². The molecule has 0 bridgehead atoms. The summed E-state index contributed by atoms with van der Waals surface area (Å²) in [4.78, 5) is 13.7. The van der Waals surface area contributed by atoms with Crippen LogP contribution in [-0.4, -0.2) is 110 Å². The Labute approximate surface area is 411 Å². The van der Waals surface area contributed by atoms with Crippen molar-refractivity contribution in [3.8, 4) is 0 Å². The fourth-order valence-electron chi connectivity index (χ4n) is 9.38. The third-order valence-electron chi connectivity index (χ3n) is 13.7. The van der Waals surface area contributed by atoms with Gasteiger partial charge in [-0.25, -0.2) is 4.79 Å². The van der Waals surface area contributed by atoms with Gasteiger partial charge in [-0.15, -0.1) is 0 Å². The number of hydrogen-bond donors (Lipinski definition) is 2. The zero-order valence-electron chi connectivity index (χ0n) is 40.4. The molecule has 0 amide bonds. The van der Waals surface area contributed by atoms with E-state index < -0.39 is 73.3 Å². The van der Waals surface area contributed by atoms with Crippen LogP contribution in [0.3, 0.4) is 0 Å². The Kier molecular flexibility index (Phi) is 18.7. The Bertz CT molecular complexity index is 2270. The first-order chi connectivity index (χ1) is 34.1. The van der Waals surface area contributed by atoms with Gasteiger partial charge >= 0.3 is 5.97 Å². The molecular formula is C57H68O13. The second-order valence-corrected chi connectivity index (χ2v) is 18.7. The Morgan fingerprint density at radius 1 is 0.443 bits per heavy atom. The number of aliphatic hydroxyl groups is 2. The number of ether oxygens (including phenoxy) is 10. The Morgan fingerprint density at radius 3 is 1.37 bits per heavy atom. The van der Waals surface area contributed by atoms with Crippen LogP contribution < -0.4 is 0 Å². The summed E-state index contributed by atoms with van der Waals surface area (Å²) in [5.74, 6) is -1.22. The van der Waals surface area contributed by atoms with E-state index in [4.69, 9.17) is 47.4 Å². The van der Waals surface area contributed by atoms with Gasteiger partial charge in [0, 0.05) is 5.92 Å². The second-order valence-electron chi connectivity index (χ2n) is 18.7. The lowest BCUT2D eigenvalue weighted by Crippen LogP contribution is -2.65. The van der Waals surface area contributed by atoms with E-state index in [2.05, 4.69) is 13.8 Å². The molecular weight excluding hydrogens is 893 g/mol. The zero-order valence-corrected chi connectivity index (χ0v) is 40.4. The standard InChI is InChI=1S/C57H68O13/c1-37-38(2)51(40(4)65-46(37)34-61-30-41-20-10-5-11-21-41)69-56-53(64-33-44-26-16-8-17-27-44)50(59)52(48(67-56)36-63-32-43-24-14-7-15-25-43)70-57-54(68-55(60)45-28-18-9-19-29-45)49(58)39(3)47(66-57)35-62-31-42-22-12-6-13-23-42/h5-29,37-40,46-54,56-59H,30-36H2,1-4H3/t37-,38-,39+,40+,46?,47?,48?,49-,50-,51?,52+,53?,54?,56+,57-/m0/s1. The van der Waals surface area contributed by atoms with Gasteiger partial charge in [0.1, 0.15) is 30.5 Å². The van der Waals surface area contributed by atoms with Crippen molar-refractivity contribution < 1.29 is 62.4 Å². The van der Waals surface area contributed by atoms with Gasteiger partial charge in [-0.05, 0) is 53.1 Å². The van der Waals surface area contributed by atoms with Gasteiger partial charge in [0.2, 0.25) is 0 Å². The maximum atomic E-state index is 13.7. The molecule has 15 atom stereocenters. The van der Waals surface area contributed by atoms with E-state index in [0.29, 0.717) is 19.8 Å². The maximum absolute atomic E-state index is 13.7. The van der Waals surface area contributed by atoms with Gasteiger partial charge in [-0.3, -0.25) is 0 Å². The third-order valence-corrected chi connectivity index (χ3v) is 13.7. The number of esters is 1. The van der Waals surface area contributed by atoms with Crippen LogP contribution in [-0.2, 0) is 73.8 Å². The SMILES string of the molecule is C[C@@H]1C(COCc2ccccc2)O[C@H](C)C(O[C@H]2OC(COCc3ccccc3)[C@@H](O[C@@H]3OC(COCc4ccccc4)[C@@H](C)[C@H](O)C3OC(=O)c3ccccc3)[C@H](O)C2OCc2ccccc2)[C@H]1C. The lowest BCUT2D eigenvalue weighted by Gasteiger charge is -2.50. The average Bonchev–Trinajstić information content (AvgIpc) is 3.39. The monoisotopic (exact) mass is 960 g/mol. The Balaban J connectivity index is 1.06. The average molecular weight is 961 g/mol. The molecule has 3 fully saturated rings. The summed E-state index contributed by atoms with van der Waals surface area (Å²) in [6, 6.07) is 47.6. The van der Waals surface area contributed by atoms with Crippen LogP contribution >= 0.6 is 0 Å². The number of carbonyl (C=O) groups is 1. The molecule has 5 aromatic carbocycles. The molecule has 0 radical (unpaired) electrons. The summed E-state index contributed by atoms with van der Waals surface area (Å²) in [7, 11) is 0. The van der Waals surface area contributed by atoms with E-state index in [1.165, 1.54) is 0 Å². The van der Waals surface area contributed by atoms with Crippen LogP contribution in [0.1, 0.15) is 60.3 Å². The van der Waals surface area contributed by atoms with E-state index >= 15 is 0 Å². The zero-order chi connectivity index (χ0) is 48.8. The van der Waals surface area contributed by atoms with Gasteiger partial charge in [0.15, 0.2) is 18.7 Å². The van der Waals surface area contributed by atoms with Crippen molar-refractivity contribution in [2.75, 3.05) is 19.8 Å². The van der Waals surface area contributed by atoms with E-state index in [9.17, 15) is 15.0 Å². The predicted octanol–water partition coefficient (Wildman–Crippen LogP) is 8.09. The molecule has 3 aliphatic rings. The number of carbonyl (C=O) groups excluding carboxylic acids is 1. The molecule has 8 rings (SSSR count). The summed E-state index contributed by atoms with van der Waals surface area (Å²) in [6.45, 7) is 9.66. The molecule has 3 aliphatic heterocycles. The summed E-state index contributed by atoms with van der Waals surface area (Å²) < 4.78 is 65.3. The van der Waals surface area contributed by atoms with Gasteiger partial charge in [-0.1, -0.05) is 160 Å². The number of hydrogen-bond acceptors (Lipinski definition) is 13. The molecule has 6 unspecified atom stereocenters. The smallest absolute Gasteiger partial charge is 0.338 e. The van der Waals surface area contributed by atoms with Crippen molar-refractivity contribution in [3.63, 3.8) is 0 Å². The molecule has 0 aromatic heterocycles. The largest absolute Gasteiger partial charge is 0.451 e. The molecule has 2 N–H and O–H groups in total. The minimum atomic E-state index is -1.42. The fourth-order valence-corrected chi connectivity index (χ4v) is 9.38. The van der Waals surface area contributed by atoms with E-state index in [1.807, 2.05) is 135 Å². The van der Waals surface area contributed by atoms with Crippen molar-refractivity contribution in [2.45, 2.75) is 128 Å². The molecule has 3 saturated heterocycles. The summed E-state index contributed by atoms with van der Waals surface area (Å²) in [5, 5.41) is 24.8. The highest BCUT2D eigenvalue weighted by molar-refractivity contribution is 5.89. The van der Waals surface area contributed by atoms with E-state index in [1.54, 1.807) is 30.3 Å². The fraction of sp³-hybridized carbons (Fsp3) is 0.456. The van der Waals surface area contributed by atoms with Crippen LogP contribution in [0.4, 0.5) is 0 Å². The first-order valence-corrected chi connectivity index (χ1v) is 24.5. The molecule has 13 heteroatoms.